The molecule has 7 heteroatoms. The second kappa shape index (κ2) is 12.3. The Morgan fingerprint density at radius 1 is 0.970 bits per heavy atom. The normalized spacial score (nSPS) is 11.8. The molecule has 176 valence electrons. The molecule has 0 aliphatic heterocycles. The summed E-state index contributed by atoms with van der Waals surface area (Å²) in [6.45, 7) is 3.59. The lowest BCUT2D eigenvalue weighted by Gasteiger charge is -2.28. The maximum absolute atomic E-state index is 12.9. The van der Waals surface area contributed by atoms with Crippen molar-refractivity contribution in [1.29, 1.82) is 0 Å². The van der Waals surface area contributed by atoms with E-state index in [1.54, 1.807) is 32.7 Å². The Labute approximate surface area is 200 Å². The maximum Gasteiger partial charge on any atom is 0.234 e. The van der Waals surface area contributed by atoms with Crippen LogP contribution in [0.2, 0.25) is 0 Å². The number of hydrogen-bond acceptors (Lipinski definition) is 6. The fraction of sp³-hybridized carbons (Fsp3) is 0.346. The Balaban J connectivity index is 1.65. The average Bonchev–Trinajstić information content (AvgIpc) is 3.35. The molecule has 2 aromatic carbocycles. The van der Waals surface area contributed by atoms with E-state index in [2.05, 4.69) is 34.7 Å². The highest BCUT2D eigenvalue weighted by Crippen LogP contribution is 2.27. The highest BCUT2D eigenvalue weighted by molar-refractivity contribution is 7.09. The van der Waals surface area contributed by atoms with E-state index < -0.39 is 0 Å². The predicted molar refractivity (Wildman–Crippen MR) is 132 cm³/mol. The van der Waals surface area contributed by atoms with Gasteiger partial charge in [-0.2, -0.15) is 0 Å². The lowest BCUT2D eigenvalue weighted by Crippen LogP contribution is -2.42. The van der Waals surface area contributed by atoms with Crippen molar-refractivity contribution in [3.63, 3.8) is 0 Å². The van der Waals surface area contributed by atoms with Gasteiger partial charge in [-0.05, 0) is 60.2 Å². The molecule has 0 saturated heterocycles. The molecule has 1 atom stereocenters. The highest BCUT2D eigenvalue weighted by Gasteiger charge is 2.19. The number of ether oxygens (including phenoxy) is 3. The molecule has 33 heavy (non-hydrogen) atoms. The Morgan fingerprint density at radius 2 is 1.70 bits per heavy atom. The third kappa shape index (κ3) is 7.23. The van der Waals surface area contributed by atoms with Crippen LogP contribution >= 0.6 is 11.3 Å². The number of amides is 1. The smallest absolute Gasteiger partial charge is 0.234 e. The summed E-state index contributed by atoms with van der Waals surface area (Å²) >= 11 is 1.75. The minimum Gasteiger partial charge on any atom is -0.497 e. The van der Waals surface area contributed by atoms with Crippen LogP contribution in [-0.4, -0.2) is 44.7 Å². The van der Waals surface area contributed by atoms with E-state index in [0.717, 1.165) is 23.3 Å². The molecule has 1 heterocycles. The van der Waals surface area contributed by atoms with Crippen LogP contribution in [0.25, 0.3) is 0 Å². The molecule has 1 aromatic heterocycles. The van der Waals surface area contributed by atoms with Gasteiger partial charge in [-0.3, -0.25) is 9.69 Å². The Morgan fingerprint density at radius 3 is 2.33 bits per heavy atom. The monoisotopic (exact) mass is 468 g/mol. The summed E-state index contributed by atoms with van der Waals surface area (Å²) < 4.78 is 15.9. The number of nitrogens with zero attached hydrogens (tertiary/aromatic N) is 1. The summed E-state index contributed by atoms with van der Waals surface area (Å²) in [4.78, 5) is 16.4. The Kier molecular flexibility index (Phi) is 9.15. The van der Waals surface area contributed by atoms with Gasteiger partial charge in [0.25, 0.3) is 0 Å². The van der Waals surface area contributed by atoms with Crippen LogP contribution in [0.5, 0.6) is 17.2 Å². The van der Waals surface area contributed by atoms with Crippen LogP contribution in [0.1, 0.15) is 22.9 Å². The number of nitrogens with one attached hydrogen (secondary N) is 1. The summed E-state index contributed by atoms with van der Waals surface area (Å²) in [7, 11) is 4.87. The first kappa shape index (κ1) is 24.6. The van der Waals surface area contributed by atoms with Gasteiger partial charge in [-0.25, -0.2) is 0 Å². The van der Waals surface area contributed by atoms with E-state index in [1.165, 1.54) is 4.88 Å². The van der Waals surface area contributed by atoms with Crippen LogP contribution in [0.4, 0.5) is 0 Å². The minimum atomic E-state index is -0.0173. The van der Waals surface area contributed by atoms with Gasteiger partial charge in [-0.1, -0.05) is 24.3 Å². The van der Waals surface area contributed by atoms with E-state index in [4.69, 9.17) is 14.2 Å². The standard InChI is InChI=1S/C26H32N2O4S/c1-19(14-23-6-5-13-33-23)28(17-20-7-10-22(30-2)11-8-20)18-26(29)27-16-21-9-12-24(31-3)25(15-21)32-4/h5-13,15,19H,14,16-18H2,1-4H3,(H,27,29)/t19-/m0/s1. The Bertz CT molecular complexity index is 1010. The maximum atomic E-state index is 12.9. The second-order valence-electron chi connectivity index (χ2n) is 7.85. The molecule has 0 bridgehead atoms. The number of benzene rings is 2. The number of thiophene rings is 1. The molecule has 0 saturated carbocycles. The minimum absolute atomic E-state index is 0.0173. The summed E-state index contributed by atoms with van der Waals surface area (Å²) in [6, 6.07) is 18.1. The van der Waals surface area contributed by atoms with Crippen LogP contribution in [0.15, 0.2) is 60.0 Å². The zero-order chi connectivity index (χ0) is 23.6. The fourth-order valence-corrected chi connectivity index (χ4v) is 4.44. The largest absolute Gasteiger partial charge is 0.497 e. The van der Waals surface area contributed by atoms with Gasteiger partial charge in [0.05, 0.1) is 27.9 Å². The van der Waals surface area contributed by atoms with Gasteiger partial charge in [0.1, 0.15) is 5.75 Å². The molecular formula is C26H32N2O4S. The molecule has 3 aromatic rings. The SMILES string of the molecule is COc1ccc(CN(CC(=O)NCc2ccc(OC)c(OC)c2)[C@@H](C)Cc2cccs2)cc1. The number of carbonyl (C=O) groups excluding carboxylic acids is 1. The zero-order valence-corrected chi connectivity index (χ0v) is 20.5. The molecular weight excluding hydrogens is 436 g/mol. The van der Waals surface area contributed by atoms with Gasteiger partial charge < -0.3 is 19.5 Å². The topological polar surface area (TPSA) is 60.0 Å². The average molecular weight is 469 g/mol. The number of hydrogen-bond donors (Lipinski definition) is 1. The summed E-state index contributed by atoms with van der Waals surface area (Å²) in [5.74, 6) is 2.12. The van der Waals surface area contributed by atoms with E-state index in [-0.39, 0.29) is 11.9 Å². The molecule has 1 N–H and O–H groups in total. The summed E-state index contributed by atoms with van der Waals surface area (Å²) in [5, 5.41) is 5.13. The zero-order valence-electron chi connectivity index (χ0n) is 19.7. The van der Waals surface area contributed by atoms with Crippen molar-refractivity contribution in [1.82, 2.24) is 10.2 Å². The molecule has 0 aliphatic rings. The number of rotatable bonds is 12. The van der Waals surface area contributed by atoms with Crippen LogP contribution in [0.3, 0.4) is 0 Å². The number of methoxy groups -OCH3 is 3. The van der Waals surface area contributed by atoms with Crippen molar-refractivity contribution in [3.8, 4) is 17.2 Å². The van der Waals surface area contributed by atoms with Crippen molar-refractivity contribution in [2.75, 3.05) is 27.9 Å². The molecule has 0 fully saturated rings. The van der Waals surface area contributed by atoms with Crippen molar-refractivity contribution in [3.05, 3.63) is 76.0 Å². The van der Waals surface area contributed by atoms with Gasteiger partial charge in [0, 0.05) is 24.0 Å². The van der Waals surface area contributed by atoms with Gasteiger partial charge in [0.15, 0.2) is 11.5 Å². The van der Waals surface area contributed by atoms with Gasteiger partial charge in [0.2, 0.25) is 5.91 Å². The van der Waals surface area contributed by atoms with Crippen LogP contribution < -0.4 is 19.5 Å². The first-order valence-corrected chi connectivity index (χ1v) is 11.8. The lowest BCUT2D eigenvalue weighted by atomic mass is 10.1. The third-order valence-corrected chi connectivity index (χ3v) is 6.43. The van der Waals surface area contributed by atoms with E-state index >= 15 is 0 Å². The molecule has 1 amide bonds. The van der Waals surface area contributed by atoms with Crippen molar-refractivity contribution in [2.45, 2.75) is 32.5 Å². The van der Waals surface area contributed by atoms with Crippen molar-refractivity contribution < 1.29 is 19.0 Å². The van der Waals surface area contributed by atoms with Crippen LogP contribution in [-0.2, 0) is 24.3 Å². The molecule has 0 aliphatic carbocycles. The van der Waals surface area contributed by atoms with E-state index in [0.29, 0.717) is 31.1 Å². The molecule has 6 nitrogen and oxygen atoms in total. The van der Waals surface area contributed by atoms with Gasteiger partial charge >= 0.3 is 0 Å². The molecule has 0 radical (unpaired) electrons. The molecule has 0 unspecified atom stereocenters. The Hall–Kier alpha value is -3.03. The van der Waals surface area contributed by atoms with E-state index in [9.17, 15) is 4.79 Å². The van der Waals surface area contributed by atoms with Crippen LogP contribution in [0, 0.1) is 0 Å². The fourth-order valence-electron chi connectivity index (χ4n) is 3.61. The lowest BCUT2D eigenvalue weighted by molar-refractivity contribution is -0.123. The van der Waals surface area contributed by atoms with Crippen molar-refractivity contribution in [2.24, 2.45) is 0 Å². The quantitative estimate of drug-likeness (QED) is 0.423. The van der Waals surface area contributed by atoms with Crippen molar-refractivity contribution >= 4 is 17.2 Å². The van der Waals surface area contributed by atoms with E-state index in [1.807, 2.05) is 42.5 Å². The first-order valence-electron chi connectivity index (χ1n) is 10.9. The summed E-state index contributed by atoms with van der Waals surface area (Å²) in [6.07, 6.45) is 0.900. The molecule has 3 rings (SSSR count). The third-order valence-electron chi connectivity index (χ3n) is 5.53. The van der Waals surface area contributed by atoms with Gasteiger partial charge in [-0.15, -0.1) is 11.3 Å². The predicted octanol–water partition coefficient (Wildman–Crippen LogP) is 4.52. The number of carbonyl (C=O) groups is 1. The second-order valence-corrected chi connectivity index (χ2v) is 8.88. The molecule has 0 spiro atoms. The highest BCUT2D eigenvalue weighted by atomic mass is 32.1. The first-order chi connectivity index (χ1) is 16.0. The summed E-state index contributed by atoms with van der Waals surface area (Å²) in [5.41, 5.74) is 2.09.